The molecule has 2 nitrogen and oxygen atoms in total. The van der Waals surface area contributed by atoms with Crippen molar-refractivity contribution < 1.29 is 10.2 Å². The molecule has 0 spiro atoms. The zero-order chi connectivity index (χ0) is 8.27. The molecule has 2 N–H and O–H groups in total. The molecule has 1 aliphatic carbocycles. The lowest BCUT2D eigenvalue weighted by molar-refractivity contribution is 0.117. The summed E-state index contributed by atoms with van der Waals surface area (Å²) in [6.07, 6.45) is 3.43. The second-order valence-corrected chi connectivity index (χ2v) is 3.46. The van der Waals surface area contributed by atoms with Crippen LogP contribution in [-0.2, 0) is 0 Å². The summed E-state index contributed by atoms with van der Waals surface area (Å²) in [5.41, 5.74) is 0. The zero-order valence-corrected chi connectivity index (χ0v) is 7.09. The van der Waals surface area contributed by atoms with Crippen LogP contribution < -0.4 is 0 Å². The number of halogens is 1. The van der Waals surface area contributed by atoms with E-state index in [2.05, 4.69) is 0 Å². The summed E-state index contributed by atoms with van der Waals surface area (Å²) in [7, 11) is 0. The first-order chi connectivity index (χ1) is 5.27. The fourth-order valence-corrected chi connectivity index (χ4v) is 1.70. The van der Waals surface area contributed by atoms with E-state index in [0.29, 0.717) is 6.42 Å². The van der Waals surface area contributed by atoms with Gasteiger partial charge in [0.25, 0.3) is 0 Å². The van der Waals surface area contributed by atoms with Gasteiger partial charge in [-0.15, -0.1) is 0 Å². The first kappa shape index (κ1) is 9.04. The van der Waals surface area contributed by atoms with Crippen molar-refractivity contribution in [1.82, 2.24) is 0 Å². The Morgan fingerprint density at radius 2 is 2.00 bits per heavy atom. The van der Waals surface area contributed by atoms with Gasteiger partial charge >= 0.3 is 0 Å². The molecule has 1 rings (SSSR count). The van der Waals surface area contributed by atoms with Crippen molar-refractivity contribution in [2.45, 2.75) is 12.8 Å². The topological polar surface area (TPSA) is 40.5 Å². The summed E-state index contributed by atoms with van der Waals surface area (Å²) in [6, 6.07) is 0. The second-order valence-electron chi connectivity index (χ2n) is 2.98. The molecule has 0 saturated heterocycles. The fraction of sp³-hybridized carbons (Fsp3) is 0.750. The van der Waals surface area contributed by atoms with E-state index in [1.807, 2.05) is 6.08 Å². The van der Waals surface area contributed by atoms with Crippen LogP contribution in [0.5, 0.6) is 0 Å². The molecule has 0 aliphatic heterocycles. The van der Waals surface area contributed by atoms with Gasteiger partial charge in [0, 0.05) is 18.2 Å². The first-order valence-corrected chi connectivity index (χ1v) is 4.22. The fourth-order valence-electron chi connectivity index (χ4n) is 1.41. The highest BCUT2D eigenvalue weighted by molar-refractivity contribution is 6.29. The highest BCUT2D eigenvalue weighted by Gasteiger charge is 2.23. The van der Waals surface area contributed by atoms with Gasteiger partial charge < -0.3 is 10.2 Å². The average Bonchev–Trinajstić information content (AvgIpc) is 2.04. The summed E-state index contributed by atoms with van der Waals surface area (Å²) in [4.78, 5) is 0. The van der Waals surface area contributed by atoms with Crippen molar-refractivity contribution in [3.63, 3.8) is 0 Å². The van der Waals surface area contributed by atoms with Crippen molar-refractivity contribution >= 4 is 11.6 Å². The summed E-state index contributed by atoms with van der Waals surface area (Å²) in [5.74, 6) is 0.347. The molecule has 64 valence electrons. The Balaban J connectivity index is 2.55. The quantitative estimate of drug-likeness (QED) is 0.662. The number of aliphatic hydroxyl groups excluding tert-OH is 2. The van der Waals surface area contributed by atoms with Crippen molar-refractivity contribution in [3.8, 4) is 0 Å². The Hall–Kier alpha value is -0.0500. The van der Waals surface area contributed by atoms with Gasteiger partial charge in [-0.25, -0.2) is 0 Å². The number of hydrogen-bond donors (Lipinski definition) is 2. The largest absolute Gasteiger partial charge is 0.396 e. The molecule has 2 atom stereocenters. The lowest BCUT2D eigenvalue weighted by Crippen LogP contribution is -2.24. The molecule has 1 aliphatic rings. The van der Waals surface area contributed by atoms with Crippen LogP contribution in [0.1, 0.15) is 12.8 Å². The normalized spacial score (nSPS) is 31.7. The molecular formula is C8H13ClO2. The van der Waals surface area contributed by atoms with Crippen LogP contribution in [0.3, 0.4) is 0 Å². The monoisotopic (exact) mass is 176 g/mol. The smallest absolute Gasteiger partial charge is 0.0466 e. The predicted molar refractivity (Wildman–Crippen MR) is 44.3 cm³/mol. The molecule has 3 heteroatoms. The van der Waals surface area contributed by atoms with Crippen LogP contribution in [0.2, 0.25) is 0 Å². The van der Waals surface area contributed by atoms with Gasteiger partial charge in [-0.05, 0) is 24.7 Å². The van der Waals surface area contributed by atoms with Gasteiger partial charge in [0.1, 0.15) is 0 Å². The minimum Gasteiger partial charge on any atom is -0.396 e. The van der Waals surface area contributed by atoms with Crippen LogP contribution in [-0.4, -0.2) is 23.4 Å². The summed E-state index contributed by atoms with van der Waals surface area (Å²) in [6.45, 7) is 0.265. The molecule has 0 heterocycles. The molecule has 0 amide bonds. The van der Waals surface area contributed by atoms with E-state index in [1.54, 1.807) is 0 Å². The third-order valence-electron chi connectivity index (χ3n) is 2.23. The van der Waals surface area contributed by atoms with Gasteiger partial charge in [0.2, 0.25) is 0 Å². The van der Waals surface area contributed by atoms with Crippen molar-refractivity contribution in [3.05, 3.63) is 11.1 Å². The Morgan fingerprint density at radius 3 is 2.55 bits per heavy atom. The third kappa shape index (κ3) is 2.19. The van der Waals surface area contributed by atoms with Gasteiger partial charge in [0.15, 0.2) is 0 Å². The van der Waals surface area contributed by atoms with E-state index in [1.165, 1.54) is 0 Å². The molecule has 11 heavy (non-hydrogen) atoms. The maximum absolute atomic E-state index is 8.91. The van der Waals surface area contributed by atoms with E-state index in [4.69, 9.17) is 21.8 Å². The van der Waals surface area contributed by atoms with Crippen LogP contribution in [0.25, 0.3) is 0 Å². The summed E-state index contributed by atoms with van der Waals surface area (Å²) < 4.78 is 0. The Labute approximate surface area is 71.5 Å². The molecular weight excluding hydrogens is 164 g/mol. The van der Waals surface area contributed by atoms with Gasteiger partial charge in [-0.2, -0.15) is 0 Å². The summed E-state index contributed by atoms with van der Waals surface area (Å²) >= 11 is 5.78. The molecule has 0 unspecified atom stereocenters. The van der Waals surface area contributed by atoms with Crippen molar-refractivity contribution in [1.29, 1.82) is 0 Å². The number of hydrogen-bond acceptors (Lipinski definition) is 2. The first-order valence-electron chi connectivity index (χ1n) is 3.84. The minimum atomic E-state index is 0.120. The lowest BCUT2D eigenvalue weighted by Gasteiger charge is -2.26. The molecule has 0 aromatic heterocycles. The third-order valence-corrected chi connectivity index (χ3v) is 2.54. The second kappa shape index (κ2) is 4.10. The maximum Gasteiger partial charge on any atom is 0.0466 e. The standard InChI is InChI=1S/C8H13ClO2/c9-8-2-1-6(4-10)7(3-8)5-11/h2,6-7,10-11H,1,3-5H2/t6-,7-/m1/s1. The van der Waals surface area contributed by atoms with Crippen LogP contribution in [0, 0.1) is 11.8 Å². The molecule has 0 aromatic rings. The van der Waals surface area contributed by atoms with E-state index >= 15 is 0 Å². The number of allylic oxidation sites excluding steroid dienone is 2. The van der Waals surface area contributed by atoms with Gasteiger partial charge in [0.05, 0.1) is 0 Å². The predicted octanol–water partition coefficient (Wildman–Crippen LogP) is 1.12. The molecule has 0 saturated carbocycles. The van der Waals surface area contributed by atoms with Crippen molar-refractivity contribution in [2.75, 3.05) is 13.2 Å². The van der Waals surface area contributed by atoms with E-state index < -0.39 is 0 Å². The van der Waals surface area contributed by atoms with Crippen LogP contribution >= 0.6 is 11.6 Å². The Morgan fingerprint density at radius 1 is 1.36 bits per heavy atom. The van der Waals surface area contributed by atoms with E-state index in [9.17, 15) is 0 Å². The van der Waals surface area contributed by atoms with Crippen molar-refractivity contribution in [2.24, 2.45) is 11.8 Å². The van der Waals surface area contributed by atoms with Gasteiger partial charge in [-0.3, -0.25) is 0 Å². The number of rotatable bonds is 2. The minimum absolute atomic E-state index is 0.120. The highest BCUT2D eigenvalue weighted by atomic mass is 35.5. The van der Waals surface area contributed by atoms with Crippen LogP contribution in [0.15, 0.2) is 11.1 Å². The Kier molecular flexibility index (Phi) is 3.37. The Bertz CT molecular complexity index is 156. The molecule has 0 aromatic carbocycles. The highest BCUT2D eigenvalue weighted by Crippen LogP contribution is 2.30. The molecule has 0 bridgehead atoms. The average molecular weight is 177 g/mol. The lowest BCUT2D eigenvalue weighted by atomic mass is 9.84. The van der Waals surface area contributed by atoms with Gasteiger partial charge in [-0.1, -0.05) is 17.7 Å². The maximum atomic E-state index is 8.91. The van der Waals surface area contributed by atoms with E-state index in [0.717, 1.165) is 11.5 Å². The summed E-state index contributed by atoms with van der Waals surface area (Å²) in [5, 5.41) is 18.6. The molecule has 0 radical (unpaired) electrons. The zero-order valence-electron chi connectivity index (χ0n) is 6.33. The number of aliphatic hydroxyl groups is 2. The SMILES string of the molecule is OC[C@H]1CC=C(Cl)C[C@@H]1CO. The van der Waals surface area contributed by atoms with Crippen LogP contribution in [0.4, 0.5) is 0 Å². The van der Waals surface area contributed by atoms with E-state index in [-0.39, 0.29) is 25.0 Å². The molecule has 0 fully saturated rings.